The maximum absolute atomic E-state index is 14.4. The van der Waals surface area contributed by atoms with Gasteiger partial charge in [-0.05, 0) is 38.1 Å². The molecular formula is C24H24F4N6O5. The first-order valence-electron chi connectivity index (χ1n) is 11.6. The fraction of sp³-hybridized carbons (Fsp3) is 0.375. The van der Waals surface area contributed by atoms with Gasteiger partial charge in [0.05, 0.1) is 29.4 Å². The van der Waals surface area contributed by atoms with Crippen LogP contribution in [-0.2, 0) is 16.9 Å². The number of rotatable bonds is 6. The van der Waals surface area contributed by atoms with Crippen molar-refractivity contribution in [2.75, 3.05) is 18.4 Å². The highest BCUT2D eigenvalue weighted by Crippen LogP contribution is 2.31. The van der Waals surface area contributed by atoms with E-state index < -0.39 is 59.2 Å². The Bertz CT molecular complexity index is 1340. The lowest BCUT2D eigenvalue weighted by molar-refractivity contribution is -0.326. The number of morpholine rings is 1. The monoisotopic (exact) mass is 552 g/mol. The largest absolute Gasteiger partial charge is 0.417 e. The minimum atomic E-state index is -4.77. The lowest BCUT2D eigenvalue weighted by Crippen LogP contribution is -2.58. The molecule has 3 aromatic heterocycles. The Labute approximate surface area is 219 Å². The van der Waals surface area contributed by atoms with Gasteiger partial charge in [-0.3, -0.25) is 4.79 Å². The number of ether oxygens (including phenoxy) is 1. The number of halogens is 4. The van der Waals surface area contributed by atoms with Crippen LogP contribution in [0, 0.1) is 5.82 Å². The maximum Gasteiger partial charge on any atom is 0.417 e. The fourth-order valence-electron chi connectivity index (χ4n) is 4.16. The summed E-state index contributed by atoms with van der Waals surface area (Å²) in [5.41, 5.74) is -2.07. The van der Waals surface area contributed by atoms with Gasteiger partial charge in [0.25, 0.3) is 5.91 Å². The highest BCUT2D eigenvalue weighted by atomic mass is 19.4. The smallest absolute Gasteiger partial charge is 0.372 e. The van der Waals surface area contributed by atoms with Gasteiger partial charge in [0.1, 0.15) is 11.4 Å². The number of aliphatic hydroxyl groups is 3. The van der Waals surface area contributed by atoms with Crippen LogP contribution in [-0.4, -0.2) is 77.4 Å². The van der Waals surface area contributed by atoms with Crippen LogP contribution in [0.4, 0.5) is 23.4 Å². The lowest BCUT2D eigenvalue weighted by atomic mass is 10.0. The second kappa shape index (κ2) is 10.8. The second-order valence-corrected chi connectivity index (χ2v) is 8.91. The van der Waals surface area contributed by atoms with E-state index in [1.54, 1.807) is 19.9 Å². The third-order valence-corrected chi connectivity index (χ3v) is 6.00. The molecule has 4 heterocycles. The Morgan fingerprint density at radius 1 is 1.15 bits per heavy atom. The number of aromatic nitrogens is 4. The van der Waals surface area contributed by atoms with Gasteiger partial charge < -0.3 is 30.3 Å². The number of carbonyl (C=O) groups is 1. The highest BCUT2D eigenvalue weighted by molar-refractivity contribution is 5.98. The molecule has 1 amide bonds. The van der Waals surface area contributed by atoms with Crippen molar-refractivity contribution < 1.29 is 42.4 Å². The number of carbonyl (C=O) groups excluding carboxylic acids is 1. The van der Waals surface area contributed by atoms with Crippen molar-refractivity contribution in [1.29, 1.82) is 0 Å². The summed E-state index contributed by atoms with van der Waals surface area (Å²) >= 11 is 0. The zero-order chi connectivity index (χ0) is 28.5. The molecule has 1 aliphatic heterocycles. The van der Waals surface area contributed by atoms with Crippen molar-refractivity contribution in [3.63, 3.8) is 0 Å². The van der Waals surface area contributed by atoms with Crippen molar-refractivity contribution in [2.24, 2.45) is 0 Å². The highest BCUT2D eigenvalue weighted by Gasteiger charge is 2.39. The van der Waals surface area contributed by atoms with E-state index in [1.165, 1.54) is 23.4 Å². The van der Waals surface area contributed by atoms with Gasteiger partial charge in [0.15, 0.2) is 17.5 Å². The third kappa shape index (κ3) is 6.27. The normalized spacial score (nSPS) is 20.1. The SMILES string of the molecule is CC1CN(C(=O)c2nc(C(O)(O)O)ccc2-c2ncccn2)C(CNc2ncc(C(F)(F)F)cc2F)C(C)O1. The Kier molecular flexibility index (Phi) is 7.79. The zero-order valence-electron chi connectivity index (χ0n) is 20.6. The van der Waals surface area contributed by atoms with Gasteiger partial charge in [-0.1, -0.05) is 0 Å². The molecule has 1 aliphatic rings. The number of anilines is 1. The van der Waals surface area contributed by atoms with E-state index in [0.717, 1.165) is 6.07 Å². The molecule has 0 aliphatic carbocycles. The summed E-state index contributed by atoms with van der Waals surface area (Å²) < 4.78 is 58.8. The number of nitrogens with one attached hydrogen (secondary N) is 1. The van der Waals surface area contributed by atoms with E-state index in [0.29, 0.717) is 12.3 Å². The molecule has 4 N–H and O–H groups in total. The van der Waals surface area contributed by atoms with E-state index in [4.69, 9.17) is 4.74 Å². The molecule has 39 heavy (non-hydrogen) atoms. The average molecular weight is 552 g/mol. The summed E-state index contributed by atoms with van der Waals surface area (Å²) in [6.45, 7) is 3.23. The van der Waals surface area contributed by atoms with Crippen LogP contribution >= 0.6 is 0 Å². The Balaban J connectivity index is 1.68. The van der Waals surface area contributed by atoms with Gasteiger partial charge in [-0.15, -0.1) is 0 Å². The van der Waals surface area contributed by atoms with Gasteiger partial charge in [-0.25, -0.2) is 24.3 Å². The van der Waals surface area contributed by atoms with Crippen molar-refractivity contribution in [1.82, 2.24) is 24.8 Å². The summed E-state index contributed by atoms with van der Waals surface area (Å²) in [5, 5.41) is 31.6. The van der Waals surface area contributed by atoms with E-state index in [-0.39, 0.29) is 30.2 Å². The van der Waals surface area contributed by atoms with Crippen LogP contribution in [0.5, 0.6) is 0 Å². The molecule has 15 heteroatoms. The van der Waals surface area contributed by atoms with E-state index in [1.807, 2.05) is 0 Å². The van der Waals surface area contributed by atoms with Gasteiger partial charge in [0.2, 0.25) is 0 Å². The molecule has 3 unspecified atom stereocenters. The van der Waals surface area contributed by atoms with E-state index >= 15 is 0 Å². The molecule has 4 rings (SSSR count). The Morgan fingerprint density at radius 3 is 2.46 bits per heavy atom. The molecule has 3 aromatic rings. The Morgan fingerprint density at radius 2 is 1.85 bits per heavy atom. The van der Waals surface area contributed by atoms with E-state index in [2.05, 4.69) is 25.3 Å². The topological polar surface area (TPSA) is 154 Å². The number of nitrogens with zero attached hydrogens (tertiary/aromatic N) is 5. The van der Waals surface area contributed by atoms with Crippen molar-refractivity contribution >= 4 is 11.7 Å². The number of hydrogen-bond donors (Lipinski definition) is 4. The number of amides is 1. The molecule has 1 fully saturated rings. The van der Waals surface area contributed by atoms with Crippen molar-refractivity contribution in [2.45, 2.75) is 44.2 Å². The molecule has 208 valence electrons. The first kappa shape index (κ1) is 28.2. The second-order valence-electron chi connectivity index (χ2n) is 8.91. The summed E-state index contributed by atoms with van der Waals surface area (Å²) in [6.07, 6.45) is -2.51. The van der Waals surface area contributed by atoms with Crippen LogP contribution in [0.3, 0.4) is 0 Å². The third-order valence-electron chi connectivity index (χ3n) is 6.00. The van der Waals surface area contributed by atoms with Crippen LogP contribution in [0.1, 0.15) is 35.6 Å². The number of alkyl halides is 3. The molecule has 0 radical (unpaired) electrons. The number of pyridine rings is 2. The summed E-state index contributed by atoms with van der Waals surface area (Å²) in [4.78, 5) is 31.0. The van der Waals surface area contributed by atoms with Gasteiger partial charge in [0, 0.05) is 31.7 Å². The molecule has 1 saturated heterocycles. The van der Waals surface area contributed by atoms with Gasteiger partial charge >= 0.3 is 12.1 Å². The molecule has 0 spiro atoms. The molecule has 3 atom stereocenters. The quantitative estimate of drug-likeness (QED) is 0.263. The van der Waals surface area contributed by atoms with Gasteiger partial charge in [-0.2, -0.15) is 13.2 Å². The summed E-state index contributed by atoms with van der Waals surface area (Å²) in [6, 6.07) is 3.45. The van der Waals surface area contributed by atoms with Crippen LogP contribution in [0.2, 0.25) is 0 Å². The number of hydrogen-bond acceptors (Lipinski definition) is 10. The predicted octanol–water partition coefficient (Wildman–Crippen LogP) is 1.91. The average Bonchev–Trinajstić information content (AvgIpc) is 2.87. The molecule has 0 aromatic carbocycles. The molecule has 0 saturated carbocycles. The predicted molar refractivity (Wildman–Crippen MR) is 126 cm³/mol. The minimum Gasteiger partial charge on any atom is -0.372 e. The van der Waals surface area contributed by atoms with E-state index in [9.17, 15) is 37.7 Å². The molecule has 0 bridgehead atoms. The molecular weight excluding hydrogens is 528 g/mol. The first-order chi connectivity index (χ1) is 18.3. The maximum atomic E-state index is 14.4. The molecule has 11 nitrogen and oxygen atoms in total. The van der Waals surface area contributed by atoms with Crippen LogP contribution in [0.15, 0.2) is 42.9 Å². The summed E-state index contributed by atoms with van der Waals surface area (Å²) in [7, 11) is 0. The Hall–Kier alpha value is -3.79. The zero-order valence-corrected chi connectivity index (χ0v) is 20.6. The summed E-state index contributed by atoms with van der Waals surface area (Å²) in [5.74, 6) is -5.66. The first-order valence-corrected chi connectivity index (χ1v) is 11.6. The minimum absolute atomic E-state index is 0.0297. The van der Waals surface area contributed by atoms with Crippen molar-refractivity contribution in [3.8, 4) is 11.4 Å². The van der Waals surface area contributed by atoms with Crippen LogP contribution in [0.25, 0.3) is 11.4 Å². The lowest BCUT2D eigenvalue weighted by Gasteiger charge is -2.43. The fourth-order valence-corrected chi connectivity index (χ4v) is 4.16. The standard InChI is InChI=1S/C24H24F4N6O5/c1-12-11-34(17(13(2)39-12)10-32-21-16(25)8-14(9-31-21)23(26,27)28)22(35)19-15(20-29-6-3-7-30-20)4-5-18(33-19)24(36,37)38/h3-9,12-13,17,36-38H,10-11H2,1-2H3,(H,31,32). The van der Waals surface area contributed by atoms with Crippen molar-refractivity contribution in [3.05, 3.63) is 65.6 Å². The van der Waals surface area contributed by atoms with Crippen LogP contribution < -0.4 is 5.32 Å².